The predicted octanol–water partition coefficient (Wildman–Crippen LogP) is 6.54. The van der Waals surface area contributed by atoms with Gasteiger partial charge in [0.25, 0.3) is 0 Å². The van der Waals surface area contributed by atoms with Crippen molar-refractivity contribution in [2.24, 2.45) is 11.3 Å². The minimum absolute atomic E-state index is 0.109. The SMILES string of the molecule is CCOC(C(=O)OC)C(CCCc1ccc(Oc2ccccc2)c(F)c1)C(=O)NC(C(=O)NC(C)c1ccccc1)C(C)(C)C. The van der Waals surface area contributed by atoms with Crippen LogP contribution in [0.5, 0.6) is 11.5 Å². The molecule has 3 rings (SSSR count). The van der Waals surface area contributed by atoms with Crippen molar-refractivity contribution in [3.05, 3.63) is 95.8 Å². The summed E-state index contributed by atoms with van der Waals surface area (Å²) in [6.45, 7) is 9.36. The average Bonchev–Trinajstić information content (AvgIpc) is 3.02. The summed E-state index contributed by atoms with van der Waals surface area (Å²) in [7, 11) is 1.24. The quantitative estimate of drug-likeness (QED) is 0.187. The molecule has 0 radical (unpaired) electrons. The Balaban J connectivity index is 1.75. The summed E-state index contributed by atoms with van der Waals surface area (Å²) in [5, 5.41) is 5.91. The molecule has 3 aromatic rings. The van der Waals surface area contributed by atoms with Crippen LogP contribution in [-0.4, -0.2) is 43.6 Å². The van der Waals surface area contributed by atoms with Crippen molar-refractivity contribution in [1.29, 1.82) is 0 Å². The Bertz CT molecular complexity index is 1390. The normalized spacial score (nSPS) is 14.0. The molecule has 0 aliphatic heterocycles. The molecule has 0 saturated carbocycles. The maximum absolute atomic E-state index is 14.9. The highest BCUT2D eigenvalue weighted by molar-refractivity contribution is 5.92. The van der Waals surface area contributed by atoms with E-state index < -0.39 is 41.2 Å². The molecular weight excluding hydrogens is 575 g/mol. The van der Waals surface area contributed by atoms with Crippen LogP contribution in [0.4, 0.5) is 4.39 Å². The Morgan fingerprint density at radius 3 is 2.11 bits per heavy atom. The van der Waals surface area contributed by atoms with E-state index in [9.17, 15) is 18.8 Å². The van der Waals surface area contributed by atoms with Crippen molar-refractivity contribution in [3.63, 3.8) is 0 Å². The smallest absolute Gasteiger partial charge is 0.335 e. The second-order valence-corrected chi connectivity index (χ2v) is 12.0. The molecule has 8 nitrogen and oxygen atoms in total. The van der Waals surface area contributed by atoms with Crippen LogP contribution >= 0.6 is 0 Å². The molecule has 0 aliphatic rings. The highest BCUT2D eigenvalue weighted by atomic mass is 19.1. The van der Waals surface area contributed by atoms with Gasteiger partial charge in [-0.25, -0.2) is 9.18 Å². The summed E-state index contributed by atoms with van der Waals surface area (Å²) < 4.78 is 31.2. The Morgan fingerprint density at radius 2 is 1.53 bits per heavy atom. The van der Waals surface area contributed by atoms with Gasteiger partial charge in [0.2, 0.25) is 11.8 Å². The van der Waals surface area contributed by atoms with E-state index in [2.05, 4.69) is 10.6 Å². The first-order chi connectivity index (χ1) is 21.4. The molecule has 45 heavy (non-hydrogen) atoms. The number of halogens is 1. The maximum atomic E-state index is 14.9. The van der Waals surface area contributed by atoms with Gasteiger partial charge >= 0.3 is 5.97 Å². The Hall–Kier alpha value is -4.24. The molecule has 0 bridgehead atoms. The van der Waals surface area contributed by atoms with Crippen molar-refractivity contribution in [1.82, 2.24) is 10.6 Å². The lowest BCUT2D eigenvalue weighted by molar-refractivity contribution is -0.161. The van der Waals surface area contributed by atoms with Crippen LogP contribution in [0.3, 0.4) is 0 Å². The number of aryl methyl sites for hydroxylation is 1. The number of para-hydroxylation sites is 1. The van der Waals surface area contributed by atoms with Crippen molar-refractivity contribution in [2.45, 2.75) is 72.1 Å². The number of rotatable bonds is 15. The van der Waals surface area contributed by atoms with Crippen LogP contribution in [0.1, 0.15) is 64.6 Å². The number of carbonyl (C=O) groups is 3. The fourth-order valence-corrected chi connectivity index (χ4v) is 5.03. The Kier molecular flexibility index (Phi) is 13.1. The number of carbonyl (C=O) groups excluding carboxylic acids is 3. The van der Waals surface area contributed by atoms with E-state index in [1.165, 1.54) is 13.2 Å². The van der Waals surface area contributed by atoms with Crippen LogP contribution in [0.2, 0.25) is 0 Å². The number of ether oxygens (including phenoxy) is 3. The van der Waals surface area contributed by atoms with Crippen molar-refractivity contribution >= 4 is 17.8 Å². The lowest BCUT2D eigenvalue weighted by Crippen LogP contribution is -2.56. The van der Waals surface area contributed by atoms with Crippen molar-refractivity contribution in [3.8, 4) is 11.5 Å². The molecule has 0 heterocycles. The number of hydrogen-bond acceptors (Lipinski definition) is 6. The summed E-state index contributed by atoms with van der Waals surface area (Å²) in [5.41, 5.74) is 0.995. The zero-order valence-corrected chi connectivity index (χ0v) is 27.0. The molecule has 0 aliphatic carbocycles. The highest BCUT2D eigenvalue weighted by Gasteiger charge is 2.39. The predicted molar refractivity (Wildman–Crippen MR) is 171 cm³/mol. The average molecular weight is 621 g/mol. The lowest BCUT2D eigenvalue weighted by Gasteiger charge is -2.33. The van der Waals surface area contributed by atoms with Crippen LogP contribution in [-0.2, 0) is 30.3 Å². The van der Waals surface area contributed by atoms with Crippen molar-refractivity contribution in [2.75, 3.05) is 13.7 Å². The molecule has 242 valence electrons. The number of benzene rings is 3. The van der Waals surface area contributed by atoms with Crippen LogP contribution in [0, 0.1) is 17.2 Å². The van der Waals surface area contributed by atoms with E-state index in [-0.39, 0.29) is 30.7 Å². The third-order valence-electron chi connectivity index (χ3n) is 7.50. The second-order valence-electron chi connectivity index (χ2n) is 12.0. The van der Waals surface area contributed by atoms with Gasteiger partial charge in [0, 0.05) is 6.61 Å². The number of esters is 1. The maximum Gasteiger partial charge on any atom is 0.335 e. The minimum Gasteiger partial charge on any atom is -0.467 e. The molecule has 9 heteroatoms. The van der Waals surface area contributed by atoms with Gasteiger partial charge in [-0.1, -0.05) is 75.4 Å². The van der Waals surface area contributed by atoms with Gasteiger partial charge in [0.05, 0.1) is 19.1 Å². The highest BCUT2D eigenvalue weighted by Crippen LogP contribution is 2.27. The number of methoxy groups -OCH3 is 1. The van der Waals surface area contributed by atoms with Crippen LogP contribution in [0.25, 0.3) is 0 Å². The summed E-state index contributed by atoms with van der Waals surface area (Å²) in [6.07, 6.45) is -0.0716. The van der Waals surface area contributed by atoms with E-state index in [0.29, 0.717) is 24.2 Å². The summed E-state index contributed by atoms with van der Waals surface area (Å²) in [6, 6.07) is 22.0. The first-order valence-electron chi connectivity index (χ1n) is 15.3. The van der Waals surface area contributed by atoms with E-state index >= 15 is 0 Å². The molecule has 3 aromatic carbocycles. The van der Waals surface area contributed by atoms with E-state index in [1.807, 2.05) is 64.1 Å². The summed E-state index contributed by atoms with van der Waals surface area (Å²) >= 11 is 0. The molecule has 4 unspecified atom stereocenters. The van der Waals surface area contributed by atoms with Gasteiger partial charge in [-0.05, 0) is 73.9 Å². The molecule has 4 atom stereocenters. The number of hydrogen-bond donors (Lipinski definition) is 2. The number of amides is 2. The van der Waals surface area contributed by atoms with Crippen molar-refractivity contribution < 1.29 is 33.0 Å². The Labute approximate surface area is 265 Å². The summed E-state index contributed by atoms with van der Waals surface area (Å²) in [5.74, 6) is -2.34. The van der Waals surface area contributed by atoms with Gasteiger partial charge in [0.15, 0.2) is 17.7 Å². The molecule has 0 saturated heterocycles. The van der Waals surface area contributed by atoms with E-state index in [4.69, 9.17) is 14.2 Å². The molecule has 0 spiro atoms. The van der Waals surface area contributed by atoms with Gasteiger partial charge in [-0.2, -0.15) is 0 Å². The van der Waals surface area contributed by atoms with Crippen LogP contribution in [0.15, 0.2) is 78.9 Å². The lowest BCUT2D eigenvalue weighted by atomic mass is 9.84. The third kappa shape index (κ3) is 10.4. The summed E-state index contributed by atoms with van der Waals surface area (Å²) in [4.78, 5) is 40.1. The van der Waals surface area contributed by atoms with E-state index in [1.54, 1.807) is 43.3 Å². The minimum atomic E-state index is -1.18. The van der Waals surface area contributed by atoms with Gasteiger partial charge in [0.1, 0.15) is 11.8 Å². The fourth-order valence-electron chi connectivity index (χ4n) is 5.03. The van der Waals surface area contributed by atoms with Crippen LogP contribution < -0.4 is 15.4 Å². The molecular formula is C36H45FN2O6. The number of nitrogens with one attached hydrogen (secondary N) is 2. The zero-order valence-electron chi connectivity index (χ0n) is 27.0. The van der Waals surface area contributed by atoms with Gasteiger partial charge in [-0.3, -0.25) is 9.59 Å². The second kappa shape index (κ2) is 16.7. The fraction of sp³-hybridized carbons (Fsp3) is 0.417. The molecule has 2 amide bonds. The topological polar surface area (TPSA) is 103 Å². The largest absolute Gasteiger partial charge is 0.467 e. The standard InChI is InChI=1S/C36H45FN2O6/c1-7-44-31(35(42)43-6)28(20-14-15-25-21-22-30(29(37)23-25)45-27-18-12-9-13-19-27)33(40)39-32(36(3,4)5)34(41)38-24(2)26-16-10-8-11-17-26/h8-13,16-19,21-24,28,31-32H,7,14-15,20H2,1-6H3,(H,38,41)(H,39,40). The first-order valence-corrected chi connectivity index (χ1v) is 15.3. The first kappa shape index (κ1) is 35.2. The molecule has 0 fully saturated rings. The van der Waals surface area contributed by atoms with E-state index in [0.717, 1.165) is 5.56 Å². The van der Waals surface area contributed by atoms with Gasteiger partial charge in [-0.15, -0.1) is 0 Å². The van der Waals surface area contributed by atoms with Gasteiger partial charge < -0.3 is 24.8 Å². The zero-order chi connectivity index (χ0) is 33.0. The molecule has 2 N–H and O–H groups in total. The Morgan fingerprint density at radius 1 is 0.889 bits per heavy atom. The third-order valence-corrected chi connectivity index (χ3v) is 7.50. The molecule has 0 aromatic heterocycles. The monoisotopic (exact) mass is 620 g/mol.